The summed E-state index contributed by atoms with van der Waals surface area (Å²) in [6.07, 6.45) is 0. The Bertz CT molecular complexity index is 619. The maximum Gasteiger partial charge on any atom is 0.0548 e. The first-order valence-electron chi connectivity index (χ1n) is 7.28. The molecule has 21 heavy (non-hydrogen) atoms. The zero-order valence-corrected chi connectivity index (χ0v) is 13.7. The highest BCUT2D eigenvalue weighted by molar-refractivity contribution is 7.85. The lowest BCUT2D eigenvalue weighted by Crippen LogP contribution is -2.18. The molecule has 0 heterocycles. The second-order valence-electron chi connectivity index (χ2n) is 5.76. The van der Waals surface area contributed by atoms with E-state index in [0.717, 1.165) is 16.0 Å². The van der Waals surface area contributed by atoms with Gasteiger partial charge in [-0.25, -0.2) is 0 Å². The van der Waals surface area contributed by atoms with Gasteiger partial charge < -0.3 is 5.73 Å². The third-order valence-electron chi connectivity index (χ3n) is 3.61. The molecule has 0 aliphatic rings. The van der Waals surface area contributed by atoms with E-state index in [1.54, 1.807) is 0 Å². The predicted octanol–water partition coefficient (Wildman–Crippen LogP) is 3.93. The van der Waals surface area contributed by atoms with Crippen LogP contribution in [0.5, 0.6) is 0 Å². The summed E-state index contributed by atoms with van der Waals surface area (Å²) >= 11 is 0. The zero-order valence-electron chi connectivity index (χ0n) is 12.9. The predicted molar refractivity (Wildman–Crippen MR) is 89.9 cm³/mol. The van der Waals surface area contributed by atoms with Gasteiger partial charge in [0.2, 0.25) is 0 Å². The second-order valence-corrected chi connectivity index (χ2v) is 7.25. The van der Waals surface area contributed by atoms with Crippen LogP contribution in [0.1, 0.15) is 42.5 Å². The number of nitrogens with two attached hydrogens (primary N) is 1. The van der Waals surface area contributed by atoms with E-state index in [9.17, 15) is 4.21 Å². The van der Waals surface area contributed by atoms with Crippen molar-refractivity contribution in [3.8, 4) is 0 Å². The van der Waals surface area contributed by atoms with Crippen LogP contribution in [0.2, 0.25) is 0 Å². The number of benzene rings is 2. The van der Waals surface area contributed by atoms with Crippen molar-refractivity contribution in [2.45, 2.75) is 37.6 Å². The first-order chi connectivity index (χ1) is 9.97. The van der Waals surface area contributed by atoms with Crippen molar-refractivity contribution in [3.05, 3.63) is 65.2 Å². The van der Waals surface area contributed by atoms with E-state index in [4.69, 9.17) is 5.73 Å². The fraction of sp³-hybridized carbons (Fsp3) is 0.333. The fourth-order valence-corrected chi connectivity index (χ4v) is 3.50. The summed E-state index contributed by atoms with van der Waals surface area (Å²) in [6.45, 7) is 6.34. The quantitative estimate of drug-likeness (QED) is 0.909. The molecular weight excluding hydrogens is 278 g/mol. The first kappa shape index (κ1) is 15.9. The minimum atomic E-state index is -1.06. The molecule has 0 radical (unpaired) electrons. The Labute approximate surface area is 129 Å². The SMILES string of the molecule is Cc1cccc(S(=O)CC(N)c2ccc(C(C)C)cc2)c1. The van der Waals surface area contributed by atoms with Gasteiger partial charge in [0.1, 0.15) is 0 Å². The average molecular weight is 301 g/mol. The molecule has 2 unspecified atom stereocenters. The third kappa shape index (κ3) is 4.26. The van der Waals surface area contributed by atoms with Gasteiger partial charge in [0, 0.05) is 16.7 Å². The van der Waals surface area contributed by atoms with Crippen LogP contribution in [0.4, 0.5) is 0 Å². The van der Waals surface area contributed by atoms with Gasteiger partial charge >= 0.3 is 0 Å². The summed E-state index contributed by atoms with van der Waals surface area (Å²) in [6, 6.07) is 15.9. The first-order valence-corrected chi connectivity index (χ1v) is 8.59. The monoisotopic (exact) mass is 301 g/mol. The summed E-state index contributed by atoms with van der Waals surface area (Å²) in [5.41, 5.74) is 9.66. The Hall–Kier alpha value is -1.45. The van der Waals surface area contributed by atoms with E-state index in [1.807, 2.05) is 43.3 Å². The van der Waals surface area contributed by atoms with E-state index < -0.39 is 10.8 Å². The molecule has 0 fully saturated rings. The van der Waals surface area contributed by atoms with Crippen molar-refractivity contribution in [2.24, 2.45) is 5.73 Å². The van der Waals surface area contributed by atoms with Crippen LogP contribution in [0, 0.1) is 6.92 Å². The Morgan fingerprint density at radius 3 is 2.24 bits per heavy atom. The summed E-state index contributed by atoms with van der Waals surface area (Å²) < 4.78 is 12.4. The van der Waals surface area contributed by atoms with Crippen molar-refractivity contribution in [1.29, 1.82) is 0 Å². The van der Waals surface area contributed by atoms with Gasteiger partial charge in [0.15, 0.2) is 0 Å². The largest absolute Gasteiger partial charge is 0.323 e. The standard InChI is InChI=1S/C18H23NOS/c1-13(2)15-7-9-16(10-8-15)18(19)12-21(20)17-6-4-5-14(3)11-17/h4-11,13,18H,12,19H2,1-3H3. The van der Waals surface area contributed by atoms with Crippen LogP contribution in [-0.2, 0) is 10.8 Å². The number of hydrogen-bond donors (Lipinski definition) is 1. The molecule has 2 aromatic carbocycles. The van der Waals surface area contributed by atoms with Gasteiger partial charge in [0.25, 0.3) is 0 Å². The van der Waals surface area contributed by atoms with E-state index in [1.165, 1.54) is 5.56 Å². The van der Waals surface area contributed by atoms with Crippen LogP contribution in [0.15, 0.2) is 53.4 Å². The smallest absolute Gasteiger partial charge is 0.0548 e. The van der Waals surface area contributed by atoms with E-state index >= 15 is 0 Å². The molecule has 2 rings (SSSR count). The molecule has 112 valence electrons. The highest BCUT2D eigenvalue weighted by atomic mass is 32.2. The van der Waals surface area contributed by atoms with Crippen molar-refractivity contribution in [1.82, 2.24) is 0 Å². The highest BCUT2D eigenvalue weighted by Crippen LogP contribution is 2.20. The normalized spacial score (nSPS) is 14.1. The Kier molecular flexibility index (Phi) is 5.32. The van der Waals surface area contributed by atoms with Gasteiger partial charge in [-0.1, -0.05) is 50.2 Å². The Morgan fingerprint density at radius 2 is 1.67 bits per heavy atom. The Morgan fingerprint density at radius 1 is 1.05 bits per heavy atom. The molecule has 2 nitrogen and oxygen atoms in total. The number of rotatable bonds is 5. The molecular formula is C18H23NOS. The van der Waals surface area contributed by atoms with Gasteiger partial charge in [-0.2, -0.15) is 0 Å². The van der Waals surface area contributed by atoms with Crippen LogP contribution < -0.4 is 5.73 Å². The van der Waals surface area contributed by atoms with Crippen LogP contribution in [0.3, 0.4) is 0 Å². The highest BCUT2D eigenvalue weighted by Gasteiger charge is 2.12. The van der Waals surface area contributed by atoms with Crippen LogP contribution in [-0.4, -0.2) is 9.96 Å². The molecule has 2 aromatic rings. The van der Waals surface area contributed by atoms with Crippen molar-refractivity contribution in [2.75, 3.05) is 5.75 Å². The molecule has 0 saturated heterocycles. The van der Waals surface area contributed by atoms with Gasteiger partial charge in [-0.3, -0.25) is 4.21 Å². The minimum absolute atomic E-state index is 0.201. The van der Waals surface area contributed by atoms with E-state index in [-0.39, 0.29) is 6.04 Å². The Balaban J connectivity index is 2.07. The average Bonchev–Trinajstić information content (AvgIpc) is 2.47. The van der Waals surface area contributed by atoms with Crippen LogP contribution in [0.25, 0.3) is 0 Å². The summed E-state index contributed by atoms with van der Waals surface area (Å²) in [7, 11) is -1.06. The van der Waals surface area contributed by atoms with Gasteiger partial charge in [-0.15, -0.1) is 0 Å². The van der Waals surface area contributed by atoms with Gasteiger partial charge in [0.05, 0.1) is 10.8 Å². The molecule has 0 spiro atoms. The second kappa shape index (κ2) is 7.01. The third-order valence-corrected chi connectivity index (χ3v) is 5.06. The number of hydrogen-bond acceptors (Lipinski definition) is 2. The van der Waals surface area contributed by atoms with Crippen molar-refractivity contribution in [3.63, 3.8) is 0 Å². The van der Waals surface area contributed by atoms with Crippen molar-refractivity contribution < 1.29 is 4.21 Å². The maximum absolute atomic E-state index is 12.4. The molecule has 2 atom stereocenters. The molecule has 3 heteroatoms. The van der Waals surface area contributed by atoms with Gasteiger partial charge in [-0.05, 0) is 41.7 Å². The lowest BCUT2D eigenvalue weighted by molar-refractivity contribution is 0.675. The minimum Gasteiger partial charge on any atom is -0.323 e. The molecule has 0 bridgehead atoms. The molecule has 0 saturated carbocycles. The van der Waals surface area contributed by atoms with Crippen molar-refractivity contribution >= 4 is 10.8 Å². The summed E-state index contributed by atoms with van der Waals surface area (Å²) in [4.78, 5) is 0.851. The maximum atomic E-state index is 12.4. The lowest BCUT2D eigenvalue weighted by atomic mass is 10.00. The molecule has 0 aromatic heterocycles. The van der Waals surface area contributed by atoms with E-state index in [2.05, 4.69) is 26.0 Å². The molecule has 2 N–H and O–H groups in total. The van der Waals surface area contributed by atoms with Crippen LogP contribution >= 0.6 is 0 Å². The summed E-state index contributed by atoms with van der Waals surface area (Å²) in [5.74, 6) is 0.960. The molecule has 0 aliphatic carbocycles. The molecule has 0 amide bonds. The molecule has 0 aliphatic heterocycles. The number of aryl methyl sites for hydroxylation is 1. The summed E-state index contributed by atoms with van der Waals surface area (Å²) in [5, 5.41) is 0. The fourth-order valence-electron chi connectivity index (χ4n) is 2.24. The van der Waals surface area contributed by atoms with E-state index in [0.29, 0.717) is 11.7 Å². The zero-order chi connectivity index (χ0) is 15.4. The lowest BCUT2D eigenvalue weighted by Gasteiger charge is -2.13. The topological polar surface area (TPSA) is 43.1 Å².